The van der Waals surface area contributed by atoms with Crippen molar-refractivity contribution in [3.05, 3.63) is 53.3 Å². The van der Waals surface area contributed by atoms with Crippen LogP contribution < -0.4 is 14.8 Å². The first-order valence-corrected chi connectivity index (χ1v) is 18.0. The van der Waals surface area contributed by atoms with Gasteiger partial charge < -0.3 is 10.1 Å². The van der Waals surface area contributed by atoms with Gasteiger partial charge in [-0.1, -0.05) is 31.5 Å². The molecule has 7 rings (SSSR count). The zero-order valence-corrected chi connectivity index (χ0v) is 27.5. The van der Waals surface area contributed by atoms with Crippen molar-refractivity contribution in [1.82, 2.24) is 24.5 Å². The summed E-state index contributed by atoms with van der Waals surface area (Å²) in [5.74, 6) is 1.97. The molecule has 0 saturated heterocycles. The Bertz CT molecular complexity index is 1700. The zero-order chi connectivity index (χ0) is 31.5. The van der Waals surface area contributed by atoms with Gasteiger partial charge in [0.05, 0.1) is 12.2 Å². The molecule has 0 aliphatic heterocycles. The zero-order valence-electron chi connectivity index (χ0n) is 25.9. The van der Waals surface area contributed by atoms with Gasteiger partial charge in [0.25, 0.3) is 15.9 Å². The van der Waals surface area contributed by atoms with Crippen molar-refractivity contribution in [2.24, 2.45) is 28.1 Å². The number of halogens is 1. The second-order valence-corrected chi connectivity index (χ2v) is 16.2. The third-order valence-corrected chi connectivity index (χ3v) is 12.3. The van der Waals surface area contributed by atoms with E-state index in [1.165, 1.54) is 61.8 Å². The number of sulfonamides is 1. The lowest BCUT2D eigenvalue weighted by Crippen LogP contribution is -2.31. The molecule has 4 saturated carbocycles. The minimum atomic E-state index is -4.25. The van der Waals surface area contributed by atoms with Crippen LogP contribution in [0.4, 0.5) is 5.82 Å². The predicted molar refractivity (Wildman–Crippen MR) is 171 cm³/mol. The number of nitrogens with zero attached hydrogens (tertiary/aromatic N) is 4. The predicted octanol–water partition coefficient (Wildman–Crippen LogP) is 6.41. The molecule has 3 aromatic heterocycles. The highest BCUT2D eigenvalue weighted by atomic mass is 35.5. The SMILES string of the molecule is CC1(C)CC[C@@H](CCCNc2cccc(S(=O)(=O)NC(=O)c3ccc(-n4ccc(OCCC5C6(CC6)C56CC6)n4)nc3Cl)n2)C1. The first kappa shape index (κ1) is 30.5. The van der Waals surface area contributed by atoms with E-state index >= 15 is 0 Å². The van der Waals surface area contributed by atoms with Gasteiger partial charge in [0.1, 0.15) is 11.0 Å². The van der Waals surface area contributed by atoms with Crippen LogP contribution in [0.25, 0.3) is 5.82 Å². The molecule has 1 amide bonds. The van der Waals surface area contributed by atoms with E-state index in [4.69, 9.17) is 16.3 Å². The summed E-state index contributed by atoms with van der Waals surface area (Å²) in [6.45, 7) is 5.98. The highest BCUT2D eigenvalue weighted by molar-refractivity contribution is 7.90. The van der Waals surface area contributed by atoms with Gasteiger partial charge in [-0.15, -0.1) is 5.10 Å². The maximum Gasteiger partial charge on any atom is 0.281 e. The highest BCUT2D eigenvalue weighted by Crippen LogP contribution is 2.93. The van der Waals surface area contributed by atoms with Crippen LogP contribution in [0, 0.1) is 28.1 Å². The van der Waals surface area contributed by atoms with Crippen molar-refractivity contribution in [2.75, 3.05) is 18.5 Å². The maximum atomic E-state index is 13.0. The Morgan fingerprint density at radius 1 is 1.04 bits per heavy atom. The van der Waals surface area contributed by atoms with E-state index in [1.807, 2.05) is 0 Å². The number of carbonyl (C=O) groups is 1. The van der Waals surface area contributed by atoms with Gasteiger partial charge in [-0.2, -0.15) is 8.42 Å². The fourth-order valence-electron chi connectivity index (χ4n) is 8.20. The number of rotatable bonds is 13. The number of hydrogen-bond acceptors (Lipinski definition) is 8. The van der Waals surface area contributed by atoms with Crippen LogP contribution in [0.2, 0.25) is 5.15 Å². The fourth-order valence-corrected chi connectivity index (χ4v) is 9.37. The summed E-state index contributed by atoms with van der Waals surface area (Å²) >= 11 is 6.34. The topological polar surface area (TPSA) is 128 Å². The minimum absolute atomic E-state index is 0.0792. The molecule has 4 aliphatic carbocycles. The molecule has 3 heterocycles. The maximum absolute atomic E-state index is 13.0. The summed E-state index contributed by atoms with van der Waals surface area (Å²) in [6.07, 6.45) is 14.2. The van der Waals surface area contributed by atoms with Crippen LogP contribution in [0.1, 0.15) is 88.4 Å². The van der Waals surface area contributed by atoms with Gasteiger partial charge in [-0.3, -0.25) is 4.79 Å². The smallest absolute Gasteiger partial charge is 0.281 e. The molecule has 2 spiro atoms. The van der Waals surface area contributed by atoms with E-state index in [-0.39, 0.29) is 15.7 Å². The lowest BCUT2D eigenvalue weighted by atomic mass is 9.89. The van der Waals surface area contributed by atoms with Crippen LogP contribution in [-0.4, -0.2) is 47.2 Å². The average Bonchev–Trinajstić information content (AvgIpc) is 3.95. The summed E-state index contributed by atoms with van der Waals surface area (Å²) in [5, 5.41) is 7.25. The number of hydrogen-bond donors (Lipinski definition) is 2. The molecule has 0 radical (unpaired) electrons. The standard InChI is InChI=1S/C33H41ClN6O4S/c1-31(2)13-10-22(21-31)5-4-18-35-25-6-3-7-28(36-25)45(42,43)39-30(41)23-8-9-26(37-29(23)34)40-19-11-27(38-40)44-20-12-24-32(14-15-32)33(24)16-17-33/h3,6-9,11,19,22,24H,4-5,10,12-18,20-21H2,1-2H3,(H,35,36)(H,39,41)/t22-/m1/s1. The number of amides is 1. The first-order chi connectivity index (χ1) is 21.5. The van der Waals surface area contributed by atoms with Crippen LogP contribution in [0.5, 0.6) is 5.88 Å². The van der Waals surface area contributed by atoms with E-state index in [2.05, 4.69) is 39.0 Å². The van der Waals surface area contributed by atoms with Crippen LogP contribution in [0.3, 0.4) is 0 Å². The number of nitrogens with one attached hydrogen (secondary N) is 2. The summed E-state index contributed by atoms with van der Waals surface area (Å²) < 4.78 is 35.6. The Kier molecular flexibility index (Phi) is 7.62. The number of anilines is 1. The van der Waals surface area contributed by atoms with Crippen molar-refractivity contribution >= 4 is 33.3 Å². The number of fused-ring (bicyclic) bond motifs is 1. The summed E-state index contributed by atoms with van der Waals surface area (Å²) in [5.41, 5.74) is 1.67. The molecular weight excluding hydrogens is 612 g/mol. The second-order valence-electron chi connectivity index (χ2n) is 14.2. The van der Waals surface area contributed by atoms with E-state index in [0.29, 0.717) is 46.9 Å². The molecule has 0 aromatic carbocycles. The first-order valence-electron chi connectivity index (χ1n) is 16.1. The molecule has 3 aromatic rings. The van der Waals surface area contributed by atoms with Gasteiger partial charge in [-0.05, 0) is 117 Å². The van der Waals surface area contributed by atoms with Crippen molar-refractivity contribution < 1.29 is 17.9 Å². The molecule has 0 unspecified atom stereocenters. The van der Waals surface area contributed by atoms with E-state index in [9.17, 15) is 13.2 Å². The van der Waals surface area contributed by atoms with Crippen LogP contribution in [0.15, 0.2) is 47.6 Å². The monoisotopic (exact) mass is 652 g/mol. The quantitative estimate of drug-likeness (QED) is 0.160. The fraction of sp³-hybridized carbons (Fsp3) is 0.576. The third kappa shape index (κ3) is 6.05. The van der Waals surface area contributed by atoms with E-state index in [1.54, 1.807) is 30.5 Å². The van der Waals surface area contributed by atoms with E-state index < -0.39 is 15.9 Å². The van der Waals surface area contributed by atoms with Crippen molar-refractivity contribution in [3.63, 3.8) is 0 Å². The van der Waals surface area contributed by atoms with Gasteiger partial charge in [0, 0.05) is 18.8 Å². The number of aromatic nitrogens is 4. The van der Waals surface area contributed by atoms with Crippen molar-refractivity contribution in [1.29, 1.82) is 0 Å². The molecule has 10 nitrogen and oxygen atoms in total. The Morgan fingerprint density at radius 2 is 1.82 bits per heavy atom. The summed E-state index contributed by atoms with van der Waals surface area (Å²) in [7, 11) is -4.25. The molecule has 45 heavy (non-hydrogen) atoms. The Hall–Kier alpha value is -3.18. The third-order valence-electron chi connectivity index (χ3n) is 10.7. The Morgan fingerprint density at radius 3 is 2.51 bits per heavy atom. The lowest BCUT2D eigenvalue weighted by Gasteiger charge is -2.17. The molecule has 0 bridgehead atoms. The van der Waals surface area contributed by atoms with Crippen LogP contribution in [-0.2, 0) is 10.0 Å². The molecule has 4 fully saturated rings. The molecule has 4 aliphatic rings. The molecule has 12 heteroatoms. The van der Waals surface area contributed by atoms with Gasteiger partial charge in [0.2, 0.25) is 5.88 Å². The van der Waals surface area contributed by atoms with Gasteiger partial charge in [-0.25, -0.2) is 19.4 Å². The van der Waals surface area contributed by atoms with Crippen LogP contribution >= 0.6 is 11.6 Å². The number of ether oxygens (including phenoxy) is 1. The van der Waals surface area contributed by atoms with Gasteiger partial charge in [0.15, 0.2) is 10.8 Å². The Balaban J connectivity index is 0.911. The molecular formula is C33H41ClN6O4S. The number of pyridine rings is 2. The van der Waals surface area contributed by atoms with Gasteiger partial charge >= 0.3 is 0 Å². The largest absolute Gasteiger partial charge is 0.477 e. The second kappa shape index (κ2) is 11.3. The minimum Gasteiger partial charge on any atom is -0.477 e. The summed E-state index contributed by atoms with van der Waals surface area (Å²) in [4.78, 5) is 21.5. The molecule has 2 N–H and O–H groups in total. The van der Waals surface area contributed by atoms with Crippen molar-refractivity contribution in [3.8, 4) is 11.7 Å². The highest BCUT2D eigenvalue weighted by Gasteiger charge is 2.85. The number of carbonyl (C=O) groups excluding carboxylic acids is 1. The molecule has 1 atom stereocenters. The van der Waals surface area contributed by atoms with Crippen molar-refractivity contribution in [2.45, 2.75) is 83.1 Å². The summed E-state index contributed by atoms with van der Waals surface area (Å²) in [6, 6.07) is 9.40. The molecule has 240 valence electrons. The Labute approximate surface area is 269 Å². The average molecular weight is 653 g/mol. The van der Waals surface area contributed by atoms with E-state index in [0.717, 1.165) is 31.1 Å². The lowest BCUT2D eigenvalue weighted by molar-refractivity contribution is 0.0981. The normalized spacial score (nSPS) is 22.0.